The lowest BCUT2D eigenvalue weighted by Crippen LogP contribution is -2.54. The third-order valence-electron chi connectivity index (χ3n) is 7.26. The molecule has 3 aromatic carbocycles. The van der Waals surface area contributed by atoms with Crippen LogP contribution < -0.4 is 15.4 Å². The van der Waals surface area contributed by atoms with Crippen LogP contribution in [0.2, 0.25) is 0 Å². The number of nitrogens with zero attached hydrogens (tertiary/aromatic N) is 1. The highest BCUT2D eigenvalue weighted by Gasteiger charge is 2.32. The highest BCUT2D eigenvalue weighted by Crippen LogP contribution is 2.31. The van der Waals surface area contributed by atoms with Gasteiger partial charge in [0.25, 0.3) is 0 Å². The van der Waals surface area contributed by atoms with E-state index in [9.17, 15) is 8.42 Å². The Morgan fingerprint density at radius 3 is 1.97 bits per heavy atom. The van der Waals surface area contributed by atoms with Crippen molar-refractivity contribution in [1.29, 1.82) is 0 Å². The van der Waals surface area contributed by atoms with Gasteiger partial charge < -0.3 is 15.5 Å². The molecule has 3 aromatic rings. The van der Waals surface area contributed by atoms with Crippen molar-refractivity contribution in [2.24, 2.45) is 0 Å². The summed E-state index contributed by atoms with van der Waals surface area (Å²) in [7, 11) is 0.400. The maximum absolute atomic E-state index is 13.6. The molecule has 0 spiro atoms. The van der Waals surface area contributed by atoms with Gasteiger partial charge in [-0.2, -0.15) is 0 Å². The summed E-state index contributed by atoms with van der Waals surface area (Å²) in [5.74, 6) is 0. The van der Waals surface area contributed by atoms with Crippen molar-refractivity contribution >= 4 is 27.4 Å². The average molecular weight is 551 g/mol. The number of sulfonamides is 1. The minimum Gasteiger partial charge on any atom is -0.358 e. The highest BCUT2D eigenvalue weighted by atomic mass is 32.2. The average Bonchev–Trinajstić information content (AvgIpc) is 2.92. The van der Waals surface area contributed by atoms with Crippen molar-refractivity contribution in [1.82, 2.24) is 20.3 Å². The van der Waals surface area contributed by atoms with E-state index in [2.05, 4.69) is 34.4 Å². The fraction of sp³-hybridized carbons (Fsp3) is 0.367. The van der Waals surface area contributed by atoms with E-state index in [1.54, 1.807) is 12.1 Å². The van der Waals surface area contributed by atoms with Crippen LogP contribution in [-0.4, -0.2) is 44.6 Å². The molecule has 38 heavy (non-hydrogen) atoms. The largest absolute Gasteiger partial charge is 0.358 e. The van der Waals surface area contributed by atoms with Gasteiger partial charge in [-0.25, -0.2) is 13.1 Å². The van der Waals surface area contributed by atoms with Crippen LogP contribution in [0.15, 0.2) is 89.8 Å². The van der Waals surface area contributed by atoms with Crippen molar-refractivity contribution in [2.75, 3.05) is 14.1 Å². The van der Waals surface area contributed by atoms with Gasteiger partial charge >= 0.3 is 0 Å². The van der Waals surface area contributed by atoms with E-state index in [1.165, 1.54) is 6.42 Å². The van der Waals surface area contributed by atoms with Crippen LogP contribution >= 0.6 is 12.2 Å². The normalized spacial score (nSPS) is 19.5. The lowest BCUT2D eigenvalue weighted by molar-refractivity contribution is 0.189. The van der Waals surface area contributed by atoms with E-state index in [4.69, 9.17) is 12.2 Å². The van der Waals surface area contributed by atoms with Crippen LogP contribution in [0.3, 0.4) is 0 Å². The quantitative estimate of drug-likeness (QED) is 0.322. The van der Waals surface area contributed by atoms with Crippen molar-refractivity contribution in [3.05, 3.63) is 102 Å². The van der Waals surface area contributed by atoms with E-state index in [0.717, 1.165) is 36.0 Å². The summed E-state index contributed by atoms with van der Waals surface area (Å²) < 4.78 is 30.2. The Balaban J connectivity index is 1.67. The van der Waals surface area contributed by atoms with Gasteiger partial charge in [0.15, 0.2) is 5.11 Å². The van der Waals surface area contributed by atoms with Crippen LogP contribution in [-0.2, 0) is 10.0 Å². The Kier molecular flexibility index (Phi) is 9.54. The zero-order chi connectivity index (χ0) is 27.1. The van der Waals surface area contributed by atoms with Crippen LogP contribution in [0, 0.1) is 6.92 Å². The fourth-order valence-corrected chi connectivity index (χ4v) is 6.73. The molecule has 0 amide bonds. The van der Waals surface area contributed by atoms with E-state index in [-0.39, 0.29) is 10.9 Å². The first-order valence-corrected chi connectivity index (χ1v) is 15.1. The molecule has 1 aliphatic rings. The van der Waals surface area contributed by atoms with Gasteiger partial charge in [0, 0.05) is 12.1 Å². The van der Waals surface area contributed by atoms with Crippen molar-refractivity contribution in [2.45, 2.75) is 61.7 Å². The van der Waals surface area contributed by atoms with Crippen LogP contribution in [0.25, 0.3) is 0 Å². The number of thiocarbonyl (C=S) groups is 1. The summed E-state index contributed by atoms with van der Waals surface area (Å²) >= 11 is 5.85. The fourth-order valence-electron chi connectivity index (χ4n) is 5.21. The van der Waals surface area contributed by atoms with Crippen molar-refractivity contribution in [3.63, 3.8) is 0 Å². The van der Waals surface area contributed by atoms with Gasteiger partial charge in [-0.05, 0) is 69.3 Å². The number of likely N-dealkylation sites (N-methyl/N-ethyl adjacent to an activating group) is 1. The van der Waals surface area contributed by atoms with Gasteiger partial charge in [-0.15, -0.1) is 0 Å². The maximum Gasteiger partial charge on any atom is 0.241 e. The molecule has 0 aromatic heterocycles. The lowest BCUT2D eigenvalue weighted by Gasteiger charge is -2.38. The predicted molar refractivity (Wildman–Crippen MR) is 158 cm³/mol. The smallest absolute Gasteiger partial charge is 0.241 e. The maximum atomic E-state index is 13.6. The molecule has 202 valence electrons. The lowest BCUT2D eigenvalue weighted by atomic mass is 9.89. The van der Waals surface area contributed by atoms with Crippen LogP contribution in [0.4, 0.5) is 0 Å². The Hall–Kier alpha value is -2.78. The van der Waals surface area contributed by atoms with Gasteiger partial charge in [-0.3, -0.25) is 0 Å². The number of hydrogen-bond donors (Lipinski definition) is 3. The second kappa shape index (κ2) is 12.8. The summed E-state index contributed by atoms with van der Waals surface area (Å²) in [5, 5.41) is 7.58. The van der Waals surface area contributed by atoms with Gasteiger partial charge in [-0.1, -0.05) is 91.2 Å². The van der Waals surface area contributed by atoms with E-state index >= 15 is 0 Å². The van der Waals surface area contributed by atoms with Gasteiger partial charge in [0.05, 0.1) is 17.0 Å². The first-order valence-electron chi connectivity index (χ1n) is 13.2. The molecule has 0 bridgehead atoms. The second-order valence-electron chi connectivity index (χ2n) is 10.3. The number of aryl methyl sites for hydroxylation is 1. The Bertz CT molecular complexity index is 1280. The zero-order valence-electron chi connectivity index (χ0n) is 22.3. The molecule has 0 radical (unpaired) electrons. The molecule has 6 nitrogen and oxygen atoms in total. The van der Waals surface area contributed by atoms with Crippen molar-refractivity contribution < 1.29 is 8.42 Å². The molecule has 1 fully saturated rings. The zero-order valence-corrected chi connectivity index (χ0v) is 23.9. The van der Waals surface area contributed by atoms with Gasteiger partial charge in [0.1, 0.15) is 0 Å². The topological polar surface area (TPSA) is 73.5 Å². The molecule has 1 saturated carbocycles. The third kappa shape index (κ3) is 7.20. The SMILES string of the molecule is Cc1ccc(S(=O)(=O)N[C@@H](c2ccccc2)[C@@H](NC(=S)N[C@@H]2CCCC[C@H]2N(C)C)c2ccccc2)cc1. The molecule has 0 unspecified atom stereocenters. The molecule has 0 saturated heterocycles. The standard InChI is InChI=1S/C30H38N4O2S2/c1-22-18-20-25(21-19-22)38(35,36)33-29(24-14-8-5-9-15-24)28(23-12-6-4-7-13-23)32-30(37)31-26-16-10-11-17-27(26)34(2)3/h4-9,12-15,18-21,26-29,33H,10-11,16-17H2,1-3H3,(H2,31,32,37)/t26-,27-,28+,29+/m1/s1. The number of nitrogens with one attached hydrogen (secondary N) is 3. The first-order chi connectivity index (χ1) is 18.2. The molecule has 1 aliphatic carbocycles. The summed E-state index contributed by atoms with van der Waals surface area (Å²) in [6, 6.07) is 26.0. The van der Waals surface area contributed by atoms with E-state index < -0.39 is 22.1 Å². The summed E-state index contributed by atoms with van der Waals surface area (Å²) in [4.78, 5) is 2.49. The first kappa shape index (κ1) is 28.2. The van der Waals surface area contributed by atoms with E-state index in [1.807, 2.05) is 79.7 Å². The molecule has 3 N–H and O–H groups in total. The number of benzene rings is 3. The molecule has 0 heterocycles. The summed E-state index contributed by atoms with van der Waals surface area (Å²) in [6.07, 6.45) is 4.54. The predicted octanol–water partition coefficient (Wildman–Crippen LogP) is 5.09. The van der Waals surface area contributed by atoms with Gasteiger partial charge in [0.2, 0.25) is 10.0 Å². The van der Waals surface area contributed by atoms with E-state index in [0.29, 0.717) is 11.2 Å². The Labute approximate surface area is 232 Å². The Morgan fingerprint density at radius 2 is 1.39 bits per heavy atom. The molecular formula is C30H38N4O2S2. The molecular weight excluding hydrogens is 512 g/mol. The van der Waals surface area contributed by atoms with Crippen LogP contribution in [0.5, 0.6) is 0 Å². The number of rotatable bonds is 9. The third-order valence-corrected chi connectivity index (χ3v) is 8.95. The summed E-state index contributed by atoms with van der Waals surface area (Å²) in [5.41, 5.74) is 2.78. The monoisotopic (exact) mass is 550 g/mol. The highest BCUT2D eigenvalue weighted by molar-refractivity contribution is 7.89. The molecule has 0 aliphatic heterocycles. The Morgan fingerprint density at radius 1 is 0.842 bits per heavy atom. The molecule has 8 heteroatoms. The number of hydrogen-bond acceptors (Lipinski definition) is 4. The minimum absolute atomic E-state index is 0.229. The van der Waals surface area contributed by atoms with Crippen LogP contribution in [0.1, 0.15) is 54.5 Å². The molecule has 4 atom stereocenters. The second-order valence-corrected chi connectivity index (χ2v) is 12.4. The molecule has 4 rings (SSSR count). The summed E-state index contributed by atoms with van der Waals surface area (Å²) in [6.45, 7) is 1.94. The van der Waals surface area contributed by atoms with Crippen molar-refractivity contribution in [3.8, 4) is 0 Å². The minimum atomic E-state index is -3.82.